The number of para-hydroxylation sites is 1. The zero-order chi connectivity index (χ0) is 24.9. The van der Waals surface area contributed by atoms with Crippen LogP contribution in [0.4, 0.5) is 5.69 Å². The van der Waals surface area contributed by atoms with E-state index in [-0.39, 0.29) is 37.4 Å². The first-order chi connectivity index (χ1) is 16.9. The molecule has 0 saturated heterocycles. The van der Waals surface area contributed by atoms with Crippen molar-refractivity contribution in [1.29, 1.82) is 0 Å². The number of hydrogen-bond acceptors (Lipinski definition) is 7. The largest absolute Gasteiger partial charge is 0.485 e. The van der Waals surface area contributed by atoms with E-state index in [2.05, 4.69) is 4.98 Å². The summed E-state index contributed by atoms with van der Waals surface area (Å²) in [4.78, 5) is 45.9. The summed E-state index contributed by atoms with van der Waals surface area (Å²) < 4.78 is 11.3. The van der Waals surface area contributed by atoms with E-state index in [9.17, 15) is 14.4 Å². The third-order valence-electron chi connectivity index (χ3n) is 5.79. The Balaban J connectivity index is 1.52. The van der Waals surface area contributed by atoms with Crippen LogP contribution in [-0.2, 0) is 11.3 Å². The van der Waals surface area contributed by atoms with Gasteiger partial charge in [-0.15, -0.1) is 11.3 Å². The van der Waals surface area contributed by atoms with Crippen molar-refractivity contribution in [2.75, 3.05) is 31.2 Å². The van der Waals surface area contributed by atoms with E-state index in [1.54, 1.807) is 33.4 Å². The van der Waals surface area contributed by atoms with Crippen molar-refractivity contribution in [3.63, 3.8) is 0 Å². The summed E-state index contributed by atoms with van der Waals surface area (Å²) in [6.07, 6.45) is 0. The number of hydrogen-bond donors (Lipinski definition) is 0. The Morgan fingerprint density at radius 1 is 1.17 bits per heavy atom. The van der Waals surface area contributed by atoms with Gasteiger partial charge in [0.2, 0.25) is 0 Å². The number of rotatable bonds is 9. The molecule has 0 spiro atoms. The van der Waals surface area contributed by atoms with Gasteiger partial charge in [-0.05, 0) is 50.6 Å². The van der Waals surface area contributed by atoms with Crippen LogP contribution in [0.25, 0.3) is 0 Å². The number of ether oxygens (including phenoxy) is 2. The van der Waals surface area contributed by atoms with E-state index in [4.69, 9.17) is 9.47 Å². The lowest BCUT2D eigenvalue weighted by molar-refractivity contribution is -0.121. The fourth-order valence-corrected chi connectivity index (χ4v) is 4.54. The van der Waals surface area contributed by atoms with Crippen LogP contribution in [0.5, 0.6) is 11.5 Å². The molecule has 0 unspecified atom stereocenters. The van der Waals surface area contributed by atoms with Crippen molar-refractivity contribution < 1.29 is 23.9 Å². The number of benzene rings is 2. The molecule has 0 aliphatic carbocycles. The molecule has 1 aliphatic rings. The standard InChI is InChI=1S/C26H27N3O5S/c1-4-28(5-2)26(32)19-16-35-24(27-19)13-29-20-12-18(10-11-23(20)34-15-25(29)31)21(30)14-33-22-9-7-6-8-17(22)3/h6-12,16H,4-5,13-15H2,1-3H3. The number of anilines is 1. The second kappa shape index (κ2) is 10.7. The Bertz CT molecular complexity index is 1250. The van der Waals surface area contributed by atoms with Crippen molar-refractivity contribution in [2.45, 2.75) is 27.3 Å². The summed E-state index contributed by atoms with van der Waals surface area (Å²) in [6, 6.07) is 12.5. The summed E-state index contributed by atoms with van der Waals surface area (Å²) in [6.45, 7) is 6.91. The molecule has 9 heteroatoms. The highest BCUT2D eigenvalue weighted by molar-refractivity contribution is 7.09. The Labute approximate surface area is 208 Å². The molecule has 0 N–H and O–H groups in total. The monoisotopic (exact) mass is 493 g/mol. The van der Waals surface area contributed by atoms with Crippen LogP contribution in [0.1, 0.15) is 45.3 Å². The van der Waals surface area contributed by atoms with Crippen molar-refractivity contribution in [2.24, 2.45) is 0 Å². The van der Waals surface area contributed by atoms with Crippen LogP contribution in [0.3, 0.4) is 0 Å². The molecule has 0 radical (unpaired) electrons. The topological polar surface area (TPSA) is 89.0 Å². The van der Waals surface area contributed by atoms with Gasteiger partial charge in [-0.25, -0.2) is 4.98 Å². The van der Waals surface area contributed by atoms with Gasteiger partial charge in [0.05, 0.1) is 12.2 Å². The maximum atomic E-state index is 12.8. The summed E-state index contributed by atoms with van der Waals surface area (Å²) in [5.74, 6) is 0.572. The molecule has 1 aromatic heterocycles. The molecule has 35 heavy (non-hydrogen) atoms. The average Bonchev–Trinajstić information content (AvgIpc) is 3.34. The molecular formula is C26H27N3O5S. The van der Waals surface area contributed by atoms with Gasteiger partial charge in [-0.3, -0.25) is 19.3 Å². The number of aromatic nitrogens is 1. The normalized spacial score (nSPS) is 12.7. The summed E-state index contributed by atoms with van der Waals surface area (Å²) in [5.41, 5.74) is 2.22. The van der Waals surface area contributed by atoms with Gasteiger partial charge in [-0.1, -0.05) is 18.2 Å². The van der Waals surface area contributed by atoms with Gasteiger partial charge in [0.25, 0.3) is 11.8 Å². The molecule has 2 heterocycles. The minimum Gasteiger partial charge on any atom is -0.485 e. The number of Topliss-reactive ketones (excluding diaryl/α,β-unsaturated/α-hetero) is 1. The number of ketones is 1. The van der Waals surface area contributed by atoms with Gasteiger partial charge in [0.1, 0.15) is 22.2 Å². The number of amides is 2. The number of carbonyl (C=O) groups excluding carboxylic acids is 3. The maximum absolute atomic E-state index is 12.8. The van der Waals surface area contributed by atoms with E-state index in [1.807, 2.05) is 45.0 Å². The van der Waals surface area contributed by atoms with Crippen LogP contribution in [0.2, 0.25) is 0 Å². The quantitative estimate of drug-likeness (QED) is 0.417. The van der Waals surface area contributed by atoms with E-state index in [1.165, 1.54) is 11.3 Å². The van der Waals surface area contributed by atoms with Crippen LogP contribution in [-0.4, -0.2) is 53.8 Å². The van der Waals surface area contributed by atoms with Crippen LogP contribution < -0.4 is 14.4 Å². The molecule has 0 atom stereocenters. The fraction of sp³-hybridized carbons (Fsp3) is 0.308. The molecule has 2 aromatic carbocycles. The van der Waals surface area contributed by atoms with E-state index >= 15 is 0 Å². The number of fused-ring (bicyclic) bond motifs is 1. The first kappa shape index (κ1) is 24.4. The number of thiazole rings is 1. The lowest BCUT2D eigenvalue weighted by atomic mass is 10.1. The smallest absolute Gasteiger partial charge is 0.273 e. The molecule has 3 aromatic rings. The fourth-order valence-electron chi connectivity index (χ4n) is 3.78. The minimum atomic E-state index is -0.245. The van der Waals surface area contributed by atoms with E-state index in [0.717, 1.165) is 5.56 Å². The van der Waals surface area contributed by atoms with Crippen molar-refractivity contribution in [3.05, 3.63) is 69.7 Å². The molecule has 4 rings (SSSR count). The SMILES string of the molecule is CCN(CC)C(=O)c1csc(CN2C(=O)COc3ccc(C(=O)COc4ccccc4C)cc32)n1. The molecular weight excluding hydrogens is 466 g/mol. The summed E-state index contributed by atoms with van der Waals surface area (Å²) >= 11 is 1.32. The van der Waals surface area contributed by atoms with Gasteiger partial charge in [-0.2, -0.15) is 0 Å². The third-order valence-corrected chi connectivity index (χ3v) is 6.62. The van der Waals surface area contributed by atoms with Gasteiger partial charge < -0.3 is 14.4 Å². The number of nitrogens with zero attached hydrogens (tertiary/aromatic N) is 3. The molecule has 0 saturated carbocycles. The van der Waals surface area contributed by atoms with Crippen molar-refractivity contribution in [1.82, 2.24) is 9.88 Å². The highest BCUT2D eigenvalue weighted by atomic mass is 32.1. The second-order valence-electron chi connectivity index (χ2n) is 8.03. The Morgan fingerprint density at radius 3 is 2.69 bits per heavy atom. The van der Waals surface area contributed by atoms with E-state index < -0.39 is 0 Å². The lowest BCUT2D eigenvalue weighted by Gasteiger charge is -2.29. The Hall–Kier alpha value is -3.72. The molecule has 8 nitrogen and oxygen atoms in total. The highest BCUT2D eigenvalue weighted by Gasteiger charge is 2.28. The summed E-state index contributed by atoms with van der Waals surface area (Å²) in [5, 5.41) is 2.34. The molecule has 1 aliphatic heterocycles. The second-order valence-corrected chi connectivity index (χ2v) is 8.97. The van der Waals surface area contributed by atoms with Crippen LogP contribution in [0, 0.1) is 6.92 Å². The van der Waals surface area contributed by atoms with E-state index in [0.29, 0.717) is 46.5 Å². The predicted molar refractivity (Wildman–Crippen MR) is 133 cm³/mol. The van der Waals surface area contributed by atoms with Gasteiger partial charge in [0.15, 0.2) is 19.0 Å². The van der Waals surface area contributed by atoms with Crippen LogP contribution in [0.15, 0.2) is 47.8 Å². The lowest BCUT2D eigenvalue weighted by Crippen LogP contribution is -2.38. The number of aryl methyl sites for hydroxylation is 1. The number of carbonyl (C=O) groups is 3. The zero-order valence-corrected chi connectivity index (χ0v) is 20.8. The molecule has 182 valence electrons. The predicted octanol–water partition coefficient (Wildman–Crippen LogP) is 4.12. The highest BCUT2D eigenvalue weighted by Crippen LogP contribution is 2.34. The zero-order valence-electron chi connectivity index (χ0n) is 19.9. The van der Waals surface area contributed by atoms with Gasteiger partial charge in [0, 0.05) is 24.0 Å². The Morgan fingerprint density at radius 2 is 1.94 bits per heavy atom. The molecule has 0 fully saturated rings. The summed E-state index contributed by atoms with van der Waals surface area (Å²) in [7, 11) is 0. The van der Waals surface area contributed by atoms with Crippen LogP contribution >= 0.6 is 11.3 Å². The first-order valence-corrected chi connectivity index (χ1v) is 12.3. The van der Waals surface area contributed by atoms with Crippen molar-refractivity contribution in [3.8, 4) is 11.5 Å². The Kier molecular flexibility index (Phi) is 7.45. The maximum Gasteiger partial charge on any atom is 0.273 e. The average molecular weight is 494 g/mol. The van der Waals surface area contributed by atoms with Gasteiger partial charge >= 0.3 is 0 Å². The first-order valence-electron chi connectivity index (χ1n) is 11.4. The molecule has 0 bridgehead atoms. The van der Waals surface area contributed by atoms with Crippen molar-refractivity contribution >= 4 is 34.6 Å². The third kappa shape index (κ3) is 5.35. The minimum absolute atomic E-state index is 0.104. The molecule has 2 amide bonds.